The molecular formula is C31H21Cl3O5S2. The van der Waals surface area contributed by atoms with Gasteiger partial charge in [-0.05, 0) is 84.9 Å². The maximum absolute atomic E-state index is 13.2. The largest absolute Gasteiger partial charge is 0.289 e. The van der Waals surface area contributed by atoms with Crippen LogP contribution in [0, 0.1) is 10.2 Å². The minimum absolute atomic E-state index is 0.0904. The van der Waals surface area contributed by atoms with E-state index < -0.39 is 20.6 Å². The van der Waals surface area contributed by atoms with Gasteiger partial charge in [-0.3, -0.25) is 4.79 Å². The van der Waals surface area contributed by atoms with E-state index in [9.17, 15) is 18.8 Å². The molecule has 0 atom stereocenters. The Morgan fingerprint density at radius 2 is 1.10 bits per heavy atom. The molecule has 5 aromatic rings. The van der Waals surface area contributed by atoms with Gasteiger partial charge in [0.1, 0.15) is 3.74 Å². The third kappa shape index (κ3) is 6.81. The molecule has 5 aromatic carbocycles. The summed E-state index contributed by atoms with van der Waals surface area (Å²) in [6.45, 7) is 0. The molecule has 0 unspecified atom stereocenters. The zero-order valence-corrected chi connectivity index (χ0v) is 25.0. The van der Waals surface area contributed by atoms with Crippen LogP contribution in [0.1, 0.15) is 15.9 Å². The van der Waals surface area contributed by atoms with Gasteiger partial charge in [0.05, 0.1) is 20.6 Å². The molecule has 0 heterocycles. The van der Waals surface area contributed by atoms with Crippen LogP contribution in [0.15, 0.2) is 152 Å². The lowest BCUT2D eigenvalue weighted by Crippen LogP contribution is -2.61. The van der Waals surface area contributed by atoms with Crippen molar-refractivity contribution in [3.05, 3.63) is 149 Å². The van der Waals surface area contributed by atoms with Gasteiger partial charge in [-0.2, -0.15) is 14.0 Å². The first-order chi connectivity index (χ1) is 19.7. The van der Waals surface area contributed by atoms with Crippen molar-refractivity contribution >= 4 is 51.1 Å². The highest BCUT2D eigenvalue weighted by Crippen LogP contribution is 2.70. The average Bonchev–Trinajstić information content (AvgIpc) is 2.97. The minimum atomic E-state index is -4.84. The fourth-order valence-corrected chi connectivity index (χ4v) is 9.57. The Morgan fingerprint density at radius 1 is 0.634 bits per heavy atom. The summed E-state index contributed by atoms with van der Waals surface area (Å²) in [6.07, 6.45) is 0. The van der Waals surface area contributed by atoms with Crippen molar-refractivity contribution in [1.82, 2.24) is 0 Å². The van der Waals surface area contributed by atoms with Gasteiger partial charge < -0.3 is 0 Å². The molecule has 0 saturated heterocycles. The summed E-state index contributed by atoms with van der Waals surface area (Å²) in [5, 5.41) is 0.882. The second-order valence-corrected chi connectivity index (χ2v) is 14.4. The highest BCUT2D eigenvalue weighted by atomic mass is 35.7. The Balaban J connectivity index is 1.57. The number of halogens is 3. The van der Waals surface area contributed by atoms with Gasteiger partial charge in [0, 0.05) is 45.6 Å². The van der Waals surface area contributed by atoms with Gasteiger partial charge in [0.2, 0.25) is 0 Å². The van der Waals surface area contributed by atoms with Crippen molar-refractivity contribution < 1.29 is 32.8 Å². The molecule has 5 nitrogen and oxygen atoms in total. The molecule has 0 aromatic heterocycles. The molecule has 0 aliphatic rings. The maximum atomic E-state index is 13.2. The third-order valence-corrected chi connectivity index (χ3v) is 11.8. The number of rotatable bonds is 9. The summed E-state index contributed by atoms with van der Waals surface area (Å²) in [7, 11) is -7.91. The van der Waals surface area contributed by atoms with Crippen molar-refractivity contribution in [3.63, 3.8) is 0 Å². The number of carbonyl (C=O) groups is 1. The summed E-state index contributed by atoms with van der Waals surface area (Å²) in [4.78, 5) is 16.1. The van der Waals surface area contributed by atoms with Crippen molar-refractivity contribution in [2.75, 3.05) is 0 Å². The van der Waals surface area contributed by atoms with E-state index >= 15 is 0 Å². The van der Waals surface area contributed by atoms with Crippen LogP contribution in [-0.2, 0) is 3.74 Å². The first kappa shape index (κ1) is 29.7. The SMILES string of the molecule is O=C(c1ccccc1)c1ccccc1Sc1ccc(S(O[Cl+3]([O-])([O-])[O-])(c2ccc(Cl)cc2)c2ccc(Cl)cc2)cc1. The Bertz CT molecular complexity index is 1600. The van der Waals surface area contributed by atoms with Gasteiger partial charge in [-0.25, -0.2) is 0 Å². The summed E-state index contributed by atoms with van der Waals surface area (Å²) < 4.78 is 41.9. The van der Waals surface area contributed by atoms with Crippen LogP contribution < -0.4 is 14.0 Å². The second-order valence-electron chi connectivity index (χ2n) is 8.67. The highest BCUT2D eigenvalue weighted by Gasteiger charge is 2.46. The van der Waals surface area contributed by atoms with Gasteiger partial charge >= 0.3 is 0 Å². The van der Waals surface area contributed by atoms with E-state index in [0.717, 1.165) is 9.79 Å². The maximum Gasteiger partial charge on any atom is 0.194 e. The quantitative estimate of drug-likeness (QED) is 0.171. The predicted octanol–water partition coefficient (Wildman–Crippen LogP) is 6.49. The third-order valence-electron chi connectivity index (χ3n) is 6.01. The van der Waals surface area contributed by atoms with Crippen LogP contribution in [0.3, 0.4) is 0 Å². The lowest BCUT2D eigenvalue weighted by molar-refractivity contribution is -1.91. The van der Waals surface area contributed by atoms with Crippen LogP contribution in [0.25, 0.3) is 0 Å². The van der Waals surface area contributed by atoms with Crippen LogP contribution >= 0.6 is 45.3 Å². The fourth-order valence-electron chi connectivity index (χ4n) is 4.20. The molecule has 0 N–H and O–H groups in total. The summed E-state index contributed by atoms with van der Waals surface area (Å²) in [6, 6.07) is 36.4. The minimum Gasteiger partial charge on any atom is -0.289 e. The molecule has 0 aliphatic heterocycles. The molecule has 10 heteroatoms. The summed E-state index contributed by atoms with van der Waals surface area (Å²) in [5.74, 6) is -0.0904. The normalized spacial score (nSPS) is 12.2. The molecule has 5 rings (SSSR count). The first-order valence-electron chi connectivity index (χ1n) is 12.1. The van der Waals surface area contributed by atoms with Crippen molar-refractivity contribution in [2.45, 2.75) is 24.5 Å². The monoisotopic (exact) mass is 642 g/mol. The van der Waals surface area contributed by atoms with Crippen LogP contribution in [0.4, 0.5) is 0 Å². The van der Waals surface area contributed by atoms with E-state index in [0.29, 0.717) is 35.9 Å². The average molecular weight is 644 g/mol. The van der Waals surface area contributed by atoms with E-state index in [4.69, 9.17) is 26.9 Å². The summed E-state index contributed by atoms with van der Waals surface area (Å²) >= 11 is 13.6. The molecule has 0 fully saturated rings. The molecule has 0 spiro atoms. The van der Waals surface area contributed by atoms with Gasteiger partial charge in [-0.1, -0.05) is 77.4 Å². The zero-order chi connectivity index (χ0) is 29.0. The Kier molecular flexibility index (Phi) is 9.11. The van der Waals surface area contributed by atoms with E-state index in [-0.39, 0.29) is 5.78 Å². The lowest BCUT2D eigenvalue weighted by atomic mass is 10.0. The van der Waals surface area contributed by atoms with E-state index in [2.05, 4.69) is 0 Å². The molecular weight excluding hydrogens is 623 g/mol. The molecule has 208 valence electrons. The number of ketones is 1. The van der Waals surface area contributed by atoms with Crippen LogP contribution in [0.5, 0.6) is 0 Å². The Labute approximate surface area is 255 Å². The molecule has 0 aliphatic carbocycles. The summed E-state index contributed by atoms with van der Waals surface area (Å²) in [5.41, 5.74) is 1.15. The van der Waals surface area contributed by atoms with Crippen molar-refractivity contribution in [1.29, 1.82) is 0 Å². The lowest BCUT2D eigenvalue weighted by Gasteiger charge is -2.34. The topological polar surface area (TPSA) is 95.5 Å². The van der Waals surface area contributed by atoms with Crippen molar-refractivity contribution in [2.24, 2.45) is 0 Å². The Morgan fingerprint density at radius 3 is 1.61 bits per heavy atom. The molecule has 0 radical (unpaired) electrons. The Hall–Kier alpha value is -2.82. The highest BCUT2D eigenvalue weighted by molar-refractivity contribution is 8.29. The zero-order valence-electron chi connectivity index (χ0n) is 21.1. The first-order valence-corrected chi connectivity index (χ1v) is 16.5. The smallest absolute Gasteiger partial charge is 0.194 e. The fraction of sp³-hybridized carbons (Fsp3) is 0. The van der Waals surface area contributed by atoms with E-state index in [1.165, 1.54) is 11.8 Å². The molecule has 41 heavy (non-hydrogen) atoms. The van der Waals surface area contributed by atoms with Gasteiger partial charge in [0.25, 0.3) is 0 Å². The van der Waals surface area contributed by atoms with Crippen molar-refractivity contribution in [3.8, 4) is 0 Å². The standard InChI is InChI=1S/C31H21Cl3O5S2/c32-23-10-16-26(17-11-23)41(39-34(36,37)38,27-18-12-24(33)13-19-27)28-20-14-25(15-21-28)40-30-9-5-4-8-29(30)31(35)22-6-2-1-3-7-22/h1-21H. The number of hydrogen-bond donors (Lipinski definition) is 0. The van der Waals surface area contributed by atoms with Gasteiger partial charge in [-0.15, -0.1) is 0 Å². The van der Waals surface area contributed by atoms with Crippen LogP contribution in [0.2, 0.25) is 10.0 Å². The number of hydrogen-bond acceptors (Lipinski definition) is 6. The van der Waals surface area contributed by atoms with Gasteiger partial charge in [0.15, 0.2) is 5.78 Å². The molecule has 0 saturated carbocycles. The van der Waals surface area contributed by atoms with Crippen LogP contribution in [-0.4, -0.2) is 5.78 Å². The molecule has 0 bridgehead atoms. The van der Waals surface area contributed by atoms with E-state index in [1.54, 1.807) is 91.0 Å². The van der Waals surface area contributed by atoms with E-state index in [1.807, 2.05) is 36.4 Å². The molecule has 0 amide bonds. The predicted molar refractivity (Wildman–Crippen MR) is 153 cm³/mol. The number of benzene rings is 5. The second kappa shape index (κ2) is 12.6. The number of carbonyl (C=O) groups excluding carboxylic acids is 1.